The van der Waals surface area contributed by atoms with Gasteiger partial charge in [-0.25, -0.2) is 0 Å². The molecule has 0 spiro atoms. The third-order valence-corrected chi connectivity index (χ3v) is 5.99. The number of amides is 1. The molecule has 122 valence electrons. The van der Waals surface area contributed by atoms with Gasteiger partial charge >= 0.3 is 0 Å². The summed E-state index contributed by atoms with van der Waals surface area (Å²) in [6.45, 7) is 5.41. The number of carbonyl (C=O) groups excluding carboxylic acids is 1. The number of nitrogens with one attached hydrogen (secondary N) is 1. The first kappa shape index (κ1) is 14.9. The molecule has 1 N–H and O–H groups in total. The smallest absolute Gasteiger partial charge is 0.227 e. The molecule has 3 atom stereocenters. The zero-order chi connectivity index (χ0) is 15.6. The highest BCUT2D eigenvalue weighted by Crippen LogP contribution is 2.42. The number of rotatable bonds is 4. The van der Waals surface area contributed by atoms with E-state index < -0.39 is 0 Å². The van der Waals surface area contributed by atoms with Crippen molar-refractivity contribution >= 4 is 5.91 Å². The van der Waals surface area contributed by atoms with Crippen LogP contribution in [-0.4, -0.2) is 43.5 Å². The van der Waals surface area contributed by atoms with E-state index in [9.17, 15) is 4.79 Å². The minimum absolute atomic E-state index is 0.290. The second-order valence-corrected chi connectivity index (χ2v) is 7.54. The van der Waals surface area contributed by atoms with Crippen LogP contribution in [0.2, 0.25) is 0 Å². The Bertz CT molecular complexity index is 575. The maximum atomic E-state index is 12.4. The van der Waals surface area contributed by atoms with Gasteiger partial charge in [-0.3, -0.25) is 4.79 Å². The first-order chi connectivity index (χ1) is 11.3. The SMILES string of the molecule is O=C(Cc1ccccc1)N1CC[NH+](C[C@@H]2C[C@@H]3C=C[C@H]2C3)CC1. The summed E-state index contributed by atoms with van der Waals surface area (Å²) in [6, 6.07) is 10.1. The van der Waals surface area contributed by atoms with Crippen LogP contribution in [-0.2, 0) is 11.2 Å². The van der Waals surface area contributed by atoms with Crippen molar-refractivity contribution in [3.05, 3.63) is 48.0 Å². The molecular formula is C20H27N2O+. The van der Waals surface area contributed by atoms with Gasteiger partial charge in [-0.2, -0.15) is 0 Å². The highest BCUT2D eigenvalue weighted by molar-refractivity contribution is 5.78. The van der Waals surface area contributed by atoms with Gasteiger partial charge in [-0.1, -0.05) is 42.5 Å². The fourth-order valence-electron chi connectivity index (χ4n) is 4.66. The zero-order valence-corrected chi connectivity index (χ0v) is 13.8. The Labute approximate surface area is 139 Å². The third-order valence-electron chi connectivity index (χ3n) is 5.99. The molecule has 1 amide bonds. The Morgan fingerprint density at radius 3 is 2.52 bits per heavy atom. The molecule has 3 heteroatoms. The lowest BCUT2D eigenvalue weighted by molar-refractivity contribution is -0.907. The first-order valence-corrected chi connectivity index (χ1v) is 9.11. The molecule has 2 bridgehead atoms. The number of carbonyl (C=O) groups is 1. The van der Waals surface area contributed by atoms with Crippen molar-refractivity contribution < 1.29 is 9.69 Å². The number of hydrogen-bond donors (Lipinski definition) is 1. The van der Waals surface area contributed by atoms with Gasteiger partial charge in [0.05, 0.1) is 39.1 Å². The molecule has 4 rings (SSSR count). The van der Waals surface area contributed by atoms with E-state index >= 15 is 0 Å². The highest BCUT2D eigenvalue weighted by atomic mass is 16.2. The summed E-state index contributed by atoms with van der Waals surface area (Å²) in [5.41, 5.74) is 1.13. The van der Waals surface area contributed by atoms with Crippen LogP contribution in [0.3, 0.4) is 0 Å². The summed E-state index contributed by atoms with van der Waals surface area (Å²) in [4.78, 5) is 16.2. The number of hydrogen-bond acceptors (Lipinski definition) is 1. The lowest BCUT2D eigenvalue weighted by atomic mass is 9.93. The molecule has 1 saturated heterocycles. The normalized spacial score (nSPS) is 30.1. The van der Waals surface area contributed by atoms with Crippen LogP contribution >= 0.6 is 0 Å². The molecule has 23 heavy (non-hydrogen) atoms. The average Bonchev–Trinajstić information content (AvgIpc) is 3.19. The van der Waals surface area contributed by atoms with Crippen molar-refractivity contribution in [2.24, 2.45) is 17.8 Å². The largest absolute Gasteiger partial charge is 0.332 e. The molecule has 0 unspecified atom stereocenters. The maximum Gasteiger partial charge on any atom is 0.227 e. The number of benzene rings is 1. The van der Waals surface area contributed by atoms with Crippen LogP contribution in [0.5, 0.6) is 0 Å². The standard InChI is InChI=1S/C20H26N2O/c23-20(14-16-4-2-1-3-5-16)22-10-8-21(9-11-22)15-19-13-17-6-7-18(19)12-17/h1-7,17-19H,8-15H2/p+1/t17-,18+,19+/m1/s1. The number of piperazine rings is 1. The second-order valence-electron chi connectivity index (χ2n) is 7.54. The van der Waals surface area contributed by atoms with Gasteiger partial charge in [0, 0.05) is 5.92 Å². The van der Waals surface area contributed by atoms with Crippen LogP contribution in [0.15, 0.2) is 42.5 Å². The molecule has 3 aliphatic rings. The Morgan fingerprint density at radius 2 is 1.87 bits per heavy atom. The first-order valence-electron chi connectivity index (χ1n) is 9.11. The van der Waals surface area contributed by atoms with E-state index in [-0.39, 0.29) is 5.91 Å². The fraction of sp³-hybridized carbons (Fsp3) is 0.550. The van der Waals surface area contributed by atoms with Crippen molar-refractivity contribution in [2.75, 3.05) is 32.7 Å². The van der Waals surface area contributed by atoms with Gasteiger partial charge < -0.3 is 9.80 Å². The van der Waals surface area contributed by atoms with Gasteiger partial charge in [-0.15, -0.1) is 0 Å². The Kier molecular flexibility index (Phi) is 4.21. The molecule has 0 radical (unpaired) electrons. The second kappa shape index (κ2) is 6.48. The van der Waals surface area contributed by atoms with Crippen LogP contribution in [0, 0.1) is 17.8 Å². The van der Waals surface area contributed by atoms with Gasteiger partial charge in [0.25, 0.3) is 0 Å². The van der Waals surface area contributed by atoms with Crippen LogP contribution in [0.4, 0.5) is 0 Å². The summed E-state index contributed by atoms with van der Waals surface area (Å²) in [5, 5.41) is 0. The van der Waals surface area contributed by atoms with Crippen molar-refractivity contribution in [2.45, 2.75) is 19.3 Å². The summed E-state index contributed by atoms with van der Waals surface area (Å²) >= 11 is 0. The van der Waals surface area contributed by atoms with E-state index in [0.717, 1.165) is 49.5 Å². The van der Waals surface area contributed by atoms with Crippen molar-refractivity contribution in [3.63, 3.8) is 0 Å². The van der Waals surface area contributed by atoms with E-state index in [4.69, 9.17) is 0 Å². The van der Waals surface area contributed by atoms with E-state index in [1.807, 2.05) is 30.3 Å². The molecule has 1 aromatic rings. The molecule has 0 aromatic heterocycles. The van der Waals surface area contributed by atoms with Crippen molar-refractivity contribution in [1.29, 1.82) is 0 Å². The summed E-state index contributed by atoms with van der Waals surface area (Å²) in [5.74, 6) is 2.91. The Balaban J connectivity index is 1.24. The van der Waals surface area contributed by atoms with E-state index in [1.54, 1.807) is 4.90 Å². The van der Waals surface area contributed by atoms with Gasteiger partial charge in [0.1, 0.15) is 0 Å². The zero-order valence-electron chi connectivity index (χ0n) is 13.8. The number of allylic oxidation sites excluding steroid dienone is 2. The minimum atomic E-state index is 0.290. The molecule has 2 fully saturated rings. The third kappa shape index (κ3) is 3.35. The molecule has 1 aromatic carbocycles. The maximum absolute atomic E-state index is 12.4. The van der Waals surface area contributed by atoms with Gasteiger partial charge in [0.15, 0.2) is 0 Å². The quantitative estimate of drug-likeness (QED) is 0.830. The number of fused-ring (bicyclic) bond motifs is 2. The highest BCUT2D eigenvalue weighted by Gasteiger charge is 2.38. The van der Waals surface area contributed by atoms with Gasteiger partial charge in [0.2, 0.25) is 5.91 Å². The van der Waals surface area contributed by atoms with Crippen molar-refractivity contribution in [3.8, 4) is 0 Å². The fourth-order valence-corrected chi connectivity index (χ4v) is 4.66. The molecule has 3 nitrogen and oxygen atoms in total. The summed E-state index contributed by atoms with van der Waals surface area (Å²) < 4.78 is 0. The van der Waals surface area contributed by atoms with E-state index in [2.05, 4.69) is 17.1 Å². The molecule has 1 aliphatic heterocycles. The van der Waals surface area contributed by atoms with Crippen molar-refractivity contribution in [1.82, 2.24) is 4.90 Å². The minimum Gasteiger partial charge on any atom is -0.332 e. The van der Waals surface area contributed by atoms with Crippen LogP contribution < -0.4 is 4.90 Å². The number of nitrogens with zero attached hydrogens (tertiary/aromatic N) is 1. The summed E-state index contributed by atoms with van der Waals surface area (Å²) in [6.07, 6.45) is 8.24. The topological polar surface area (TPSA) is 24.8 Å². The van der Waals surface area contributed by atoms with E-state index in [1.165, 1.54) is 19.4 Å². The number of quaternary nitrogens is 1. The van der Waals surface area contributed by atoms with Crippen LogP contribution in [0.25, 0.3) is 0 Å². The molecule has 2 aliphatic carbocycles. The molecule has 1 saturated carbocycles. The van der Waals surface area contributed by atoms with E-state index in [0.29, 0.717) is 6.42 Å². The monoisotopic (exact) mass is 311 g/mol. The molecular weight excluding hydrogens is 284 g/mol. The predicted molar refractivity (Wildman–Crippen MR) is 91.1 cm³/mol. The lowest BCUT2D eigenvalue weighted by Gasteiger charge is -2.34. The average molecular weight is 311 g/mol. The van der Waals surface area contributed by atoms with Gasteiger partial charge in [-0.05, 0) is 30.2 Å². The lowest BCUT2D eigenvalue weighted by Crippen LogP contribution is -3.15. The summed E-state index contributed by atoms with van der Waals surface area (Å²) in [7, 11) is 0. The predicted octanol–water partition coefficient (Wildman–Crippen LogP) is 1.17. The van der Waals surface area contributed by atoms with Crippen LogP contribution in [0.1, 0.15) is 18.4 Å². The Hall–Kier alpha value is -1.61. The Morgan fingerprint density at radius 1 is 1.09 bits per heavy atom. The molecule has 1 heterocycles.